The van der Waals surface area contributed by atoms with Crippen molar-refractivity contribution in [1.82, 2.24) is 0 Å². The van der Waals surface area contributed by atoms with E-state index in [1.54, 1.807) is 39.5 Å². The molecule has 0 saturated carbocycles. The third kappa shape index (κ3) is 4.78. The molecule has 166 valence electrons. The van der Waals surface area contributed by atoms with E-state index in [1.165, 1.54) is 5.56 Å². The standard InChI is InChI=1S/C25H24NO5.BrH/c1-28-19-6-4-18(5-7-19)15-26-12-10-17(11-13-26)14-23-24(27)20-8-9-22(29-2)25(30-3)21(20)16-31-23;/h4-14H,15-16H2,1-3H3;1H/q+1;/p-1/b23-14-;. The monoisotopic (exact) mass is 497 g/mol. The molecule has 0 spiro atoms. The van der Waals surface area contributed by atoms with Crippen LogP contribution in [0.1, 0.15) is 27.0 Å². The molecule has 7 heteroatoms. The van der Waals surface area contributed by atoms with Crippen molar-refractivity contribution >= 4 is 11.9 Å². The van der Waals surface area contributed by atoms with Gasteiger partial charge in [-0.25, -0.2) is 4.57 Å². The quantitative estimate of drug-likeness (QED) is 0.372. The van der Waals surface area contributed by atoms with Crippen LogP contribution in [0.5, 0.6) is 17.2 Å². The Morgan fingerprint density at radius 3 is 2.28 bits per heavy atom. The lowest BCUT2D eigenvalue weighted by atomic mass is 9.98. The number of nitrogens with zero attached hydrogens (tertiary/aromatic N) is 1. The van der Waals surface area contributed by atoms with E-state index in [9.17, 15) is 4.79 Å². The maximum atomic E-state index is 12.9. The van der Waals surface area contributed by atoms with Gasteiger partial charge >= 0.3 is 0 Å². The predicted octanol–water partition coefficient (Wildman–Crippen LogP) is 0.806. The molecule has 2 heterocycles. The molecule has 0 radical (unpaired) electrons. The van der Waals surface area contributed by atoms with Crippen molar-refractivity contribution in [3.63, 3.8) is 0 Å². The number of pyridine rings is 1. The predicted molar refractivity (Wildman–Crippen MR) is 115 cm³/mol. The summed E-state index contributed by atoms with van der Waals surface area (Å²) in [5, 5.41) is 0. The molecule has 0 unspecified atom stereocenters. The van der Waals surface area contributed by atoms with Gasteiger partial charge in [-0.3, -0.25) is 4.79 Å². The van der Waals surface area contributed by atoms with Gasteiger partial charge in [-0.1, -0.05) is 0 Å². The smallest absolute Gasteiger partial charge is 0.228 e. The first-order valence-electron chi connectivity index (χ1n) is 9.88. The SMILES string of the molecule is COc1ccc(C[n+]2ccc(/C=C3\OCc4c(ccc(OC)c4OC)C3=O)cc2)cc1.[Br-]. The molecule has 0 atom stereocenters. The molecule has 2 aromatic carbocycles. The highest BCUT2D eigenvalue weighted by molar-refractivity contribution is 6.12. The van der Waals surface area contributed by atoms with Crippen LogP contribution in [0.15, 0.2) is 66.7 Å². The van der Waals surface area contributed by atoms with E-state index in [4.69, 9.17) is 18.9 Å². The minimum absolute atomic E-state index is 0. The number of methoxy groups -OCH3 is 3. The van der Waals surface area contributed by atoms with Gasteiger partial charge in [-0.15, -0.1) is 0 Å². The van der Waals surface area contributed by atoms with Crippen molar-refractivity contribution in [1.29, 1.82) is 0 Å². The lowest BCUT2D eigenvalue weighted by Crippen LogP contribution is -3.00. The zero-order chi connectivity index (χ0) is 21.8. The molecule has 1 aromatic heterocycles. The van der Waals surface area contributed by atoms with Gasteiger partial charge in [0.1, 0.15) is 12.4 Å². The van der Waals surface area contributed by atoms with E-state index < -0.39 is 0 Å². The Bertz CT molecular complexity index is 1120. The summed E-state index contributed by atoms with van der Waals surface area (Å²) in [5.74, 6) is 2.09. The second-order valence-electron chi connectivity index (χ2n) is 7.11. The van der Waals surface area contributed by atoms with Gasteiger partial charge in [0.25, 0.3) is 0 Å². The molecule has 0 aliphatic carbocycles. The summed E-state index contributed by atoms with van der Waals surface area (Å²) in [7, 11) is 4.78. The number of rotatable bonds is 6. The summed E-state index contributed by atoms with van der Waals surface area (Å²) in [6.45, 7) is 0.989. The fourth-order valence-electron chi connectivity index (χ4n) is 3.57. The molecule has 32 heavy (non-hydrogen) atoms. The van der Waals surface area contributed by atoms with Crippen molar-refractivity contribution in [3.8, 4) is 17.2 Å². The summed E-state index contributed by atoms with van der Waals surface area (Å²) >= 11 is 0. The normalized spacial score (nSPS) is 13.6. The Balaban J connectivity index is 0.00000289. The third-order valence-corrected chi connectivity index (χ3v) is 5.23. The number of fused-ring (bicyclic) bond motifs is 1. The van der Waals surface area contributed by atoms with Crippen molar-refractivity contribution in [3.05, 3.63) is 88.9 Å². The zero-order valence-electron chi connectivity index (χ0n) is 18.1. The molecule has 6 nitrogen and oxygen atoms in total. The largest absolute Gasteiger partial charge is 1.00 e. The van der Waals surface area contributed by atoms with Crippen LogP contribution in [0.25, 0.3) is 6.08 Å². The number of carbonyl (C=O) groups excluding carboxylic acids is 1. The summed E-state index contributed by atoms with van der Waals surface area (Å²) in [6, 6.07) is 15.4. The first kappa shape index (κ1) is 23.3. The van der Waals surface area contributed by atoms with Gasteiger partial charge in [-0.05, 0) is 48.0 Å². The molecule has 0 fully saturated rings. The summed E-state index contributed by atoms with van der Waals surface area (Å²) in [6.07, 6.45) is 5.72. The van der Waals surface area contributed by atoms with E-state index in [2.05, 4.69) is 4.57 Å². The number of Topliss-reactive ketones (excluding diaryl/α,β-unsaturated/α-hetero) is 1. The van der Waals surface area contributed by atoms with Crippen molar-refractivity contribution < 1.29 is 45.3 Å². The fourth-order valence-corrected chi connectivity index (χ4v) is 3.57. The molecule has 1 aliphatic rings. The Morgan fingerprint density at radius 2 is 1.66 bits per heavy atom. The highest BCUT2D eigenvalue weighted by Gasteiger charge is 2.28. The summed E-state index contributed by atoms with van der Waals surface area (Å²) in [4.78, 5) is 12.9. The average molecular weight is 498 g/mol. The highest BCUT2D eigenvalue weighted by atomic mass is 79.9. The molecular weight excluding hydrogens is 474 g/mol. The van der Waals surface area contributed by atoms with Gasteiger partial charge in [0, 0.05) is 28.8 Å². The van der Waals surface area contributed by atoms with Crippen LogP contribution in [0, 0.1) is 0 Å². The van der Waals surface area contributed by atoms with Crippen LogP contribution < -0.4 is 35.8 Å². The minimum atomic E-state index is -0.169. The van der Waals surface area contributed by atoms with Crippen molar-refractivity contribution in [2.45, 2.75) is 13.2 Å². The molecule has 0 bridgehead atoms. The lowest BCUT2D eigenvalue weighted by Gasteiger charge is -2.22. The lowest BCUT2D eigenvalue weighted by molar-refractivity contribution is -0.688. The van der Waals surface area contributed by atoms with Crippen LogP contribution >= 0.6 is 0 Å². The molecule has 4 rings (SSSR count). The number of halogens is 1. The number of allylic oxidation sites excluding steroid dienone is 1. The fraction of sp³-hybridized carbons (Fsp3) is 0.200. The van der Waals surface area contributed by atoms with Crippen molar-refractivity contribution in [2.75, 3.05) is 21.3 Å². The number of benzene rings is 2. The Morgan fingerprint density at radius 1 is 0.938 bits per heavy atom. The average Bonchev–Trinajstić information content (AvgIpc) is 2.81. The molecule has 1 aliphatic heterocycles. The molecule has 3 aromatic rings. The van der Waals surface area contributed by atoms with E-state index in [0.29, 0.717) is 28.4 Å². The summed E-state index contributed by atoms with van der Waals surface area (Å²) < 4.78 is 23.8. The number of ketones is 1. The number of ether oxygens (including phenoxy) is 4. The number of hydrogen-bond acceptors (Lipinski definition) is 5. The van der Waals surface area contributed by atoms with E-state index in [0.717, 1.165) is 17.9 Å². The minimum Gasteiger partial charge on any atom is -1.00 e. The number of aromatic nitrogens is 1. The first-order valence-corrected chi connectivity index (χ1v) is 9.88. The number of carbonyl (C=O) groups is 1. The van der Waals surface area contributed by atoms with Gasteiger partial charge in [0.2, 0.25) is 5.78 Å². The second-order valence-corrected chi connectivity index (χ2v) is 7.11. The van der Waals surface area contributed by atoms with Crippen LogP contribution in [-0.4, -0.2) is 27.1 Å². The highest BCUT2D eigenvalue weighted by Crippen LogP contribution is 2.37. The van der Waals surface area contributed by atoms with Crippen molar-refractivity contribution in [2.24, 2.45) is 0 Å². The summed E-state index contributed by atoms with van der Waals surface area (Å²) in [5.41, 5.74) is 3.33. The van der Waals surface area contributed by atoms with Gasteiger partial charge in [0.15, 0.2) is 36.2 Å². The van der Waals surface area contributed by atoms with Gasteiger partial charge in [0.05, 0.1) is 21.3 Å². The van der Waals surface area contributed by atoms with E-state index in [1.807, 2.05) is 48.8 Å². The van der Waals surface area contributed by atoms with Gasteiger partial charge in [-0.2, -0.15) is 0 Å². The molecule has 0 N–H and O–H groups in total. The van der Waals surface area contributed by atoms with E-state index >= 15 is 0 Å². The topological polar surface area (TPSA) is 57.9 Å². The van der Waals surface area contributed by atoms with Crippen LogP contribution in [0.3, 0.4) is 0 Å². The second kappa shape index (κ2) is 10.3. The van der Waals surface area contributed by atoms with Crippen LogP contribution in [-0.2, 0) is 17.9 Å². The Kier molecular flexibility index (Phi) is 7.53. The van der Waals surface area contributed by atoms with Crippen LogP contribution in [0.4, 0.5) is 0 Å². The van der Waals surface area contributed by atoms with Crippen LogP contribution in [0.2, 0.25) is 0 Å². The maximum absolute atomic E-state index is 12.9. The number of hydrogen-bond donors (Lipinski definition) is 0. The Hall–Kier alpha value is -3.32. The molecular formula is C25H24BrNO5. The Labute approximate surface area is 197 Å². The molecule has 0 saturated heterocycles. The maximum Gasteiger partial charge on any atom is 0.228 e. The van der Waals surface area contributed by atoms with E-state index in [-0.39, 0.29) is 29.4 Å². The molecule has 0 amide bonds. The zero-order valence-corrected chi connectivity index (χ0v) is 19.7. The van der Waals surface area contributed by atoms with Gasteiger partial charge < -0.3 is 35.9 Å². The first-order chi connectivity index (χ1) is 15.1. The third-order valence-electron chi connectivity index (χ3n) is 5.23.